The monoisotopic (exact) mass is 691 g/mol. The van der Waals surface area contributed by atoms with Crippen LogP contribution in [0.15, 0.2) is 158 Å². The van der Waals surface area contributed by atoms with E-state index in [1.807, 2.05) is 24.8 Å². The van der Waals surface area contributed by atoms with Gasteiger partial charge in [-0.3, -0.25) is 9.97 Å². The molecule has 0 unspecified atom stereocenters. The van der Waals surface area contributed by atoms with Crippen LogP contribution in [0.2, 0.25) is 0 Å². The van der Waals surface area contributed by atoms with E-state index in [1.165, 1.54) is 10.8 Å². The molecule has 0 amide bonds. The Morgan fingerprint density at radius 3 is 1.54 bits per heavy atom. The maximum atomic E-state index is 6.94. The predicted molar refractivity (Wildman–Crippen MR) is 217 cm³/mol. The normalized spacial score (nSPS) is 13.4. The van der Waals surface area contributed by atoms with Gasteiger partial charge in [0.2, 0.25) is 0 Å². The van der Waals surface area contributed by atoms with Crippen LogP contribution in [0, 0.1) is 0 Å². The minimum atomic E-state index is -0.0427. The third kappa shape index (κ3) is 3.56. The number of fused-ring (bicyclic) bond motifs is 6. The van der Waals surface area contributed by atoms with E-state index < -0.39 is 0 Å². The summed E-state index contributed by atoms with van der Waals surface area (Å²) in [6.07, 6.45) is 7.55. The first-order chi connectivity index (χ1) is 26.8. The van der Waals surface area contributed by atoms with Crippen LogP contribution in [0.1, 0.15) is 0 Å². The number of ether oxygens (including phenoxy) is 2. The number of para-hydroxylation sites is 2. The third-order valence-corrected chi connectivity index (χ3v) is 11.5. The van der Waals surface area contributed by atoms with Crippen LogP contribution in [0.5, 0.6) is 23.0 Å². The summed E-state index contributed by atoms with van der Waals surface area (Å²) in [7, 11) is 0. The molecule has 250 valence electrons. The highest BCUT2D eigenvalue weighted by atomic mass is 16.5. The second kappa shape index (κ2) is 10.2. The highest BCUT2D eigenvalue weighted by Gasteiger charge is 2.47. The van der Waals surface area contributed by atoms with Crippen molar-refractivity contribution in [2.24, 2.45) is 0 Å². The summed E-state index contributed by atoms with van der Waals surface area (Å²) in [4.78, 5) is 11.2. The lowest BCUT2D eigenvalue weighted by Crippen LogP contribution is -2.61. The number of hydrogen-bond acceptors (Lipinski definition) is 5. The molecule has 3 aliphatic heterocycles. The first kappa shape index (κ1) is 28.3. The maximum absolute atomic E-state index is 6.94. The van der Waals surface area contributed by atoms with Crippen LogP contribution in [0.3, 0.4) is 0 Å². The molecule has 0 spiro atoms. The van der Waals surface area contributed by atoms with Crippen molar-refractivity contribution in [2.75, 3.05) is 4.90 Å². The zero-order valence-electron chi connectivity index (χ0n) is 28.6. The van der Waals surface area contributed by atoms with Gasteiger partial charge in [-0.25, -0.2) is 0 Å². The SMILES string of the molecule is c1cc(N2c3cccc4c3B3c5c(cc(-n6c7ccccc7c7ccccc76)cc5Oc5cccc2c53)O4)cc(-n2c3ccncc3c3cnccc32)c1. The number of hydrogen-bond donors (Lipinski definition) is 0. The molecule has 0 saturated carbocycles. The van der Waals surface area contributed by atoms with E-state index in [-0.39, 0.29) is 6.71 Å². The number of aromatic nitrogens is 4. The molecule has 3 aliphatic rings. The lowest BCUT2D eigenvalue weighted by atomic mass is 9.33. The van der Waals surface area contributed by atoms with Crippen molar-refractivity contribution in [3.05, 3.63) is 158 Å². The van der Waals surface area contributed by atoms with Crippen molar-refractivity contribution >= 4 is 83.8 Å². The summed E-state index contributed by atoms with van der Waals surface area (Å²) < 4.78 is 18.5. The van der Waals surface area contributed by atoms with Crippen LogP contribution in [-0.2, 0) is 0 Å². The molecule has 7 nitrogen and oxygen atoms in total. The minimum Gasteiger partial charge on any atom is -0.458 e. The summed E-state index contributed by atoms with van der Waals surface area (Å²) in [5.74, 6) is 3.37. The minimum absolute atomic E-state index is 0.0427. The molecular formula is C46H26BN5O2. The molecule has 0 N–H and O–H groups in total. The number of nitrogens with zero attached hydrogens (tertiary/aromatic N) is 5. The summed E-state index contributed by atoms with van der Waals surface area (Å²) in [5.41, 5.74) is 13.1. The lowest BCUT2D eigenvalue weighted by Gasteiger charge is -2.42. The first-order valence-electron chi connectivity index (χ1n) is 18.2. The standard InChI is InChI=1S/C46H26BN5O2/c1-3-12-34-30(10-1)31-11-2-4-13-35(31)52(34)29-23-42-46-43(24-29)54-41-17-7-15-39-45(41)47(46)44-38(14-6-16-40(44)53-42)51(39)28-9-5-8-27(22-28)50-36-18-20-48-25-32(36)33-26-49-21-19-37(33)50/h1-26H. The van der Waals surface area contributed by atoms with Crippen LogP contribution in [-0.4, -0.2) is 25.8 Å². The molecule has 13 rings (SSSR count). The molecule has 0 atom stereocenters. The van der Waals surface area contributed by atoms with Crippen LogP contribution in [0.4, 0.5) is 17.1 Å². The van der Waals surface area contributed by atoms with Gasteiger partial charge >= 0.3 is 0 Å². The zero-order valence-corrected chi connectivity index (χ0v) is 28.6. The van der Waals surface area contributed by atoms with Gasteiger partial charge in [-0.1, -0.05) is 54.6 Å². The average Bonchev–Trinajstić information content (AvgIpc) is 3.74. The Balaban J connectivity index is 1.01. The van der Waals surface area contributed by atoms with Crippen LogP contribution >= 0.6 is 0 Å². The van der Waals surface area contributed by atoms with Gasteiger partial charge in [-0.2, -0.15) is 0 Å². The zero-order chi connectivity index (χ0) is 35.1. The van der Waals surface area contributed by atoms with Crippen LogP contribution < -0.4 is 30.8 Å². The van der Waals surface area contributed by atoms with E-state index in [1.54, 1.807) is 0 Å². The molecule has 0 fully saturated rings. The van der Waals surface area contributed by atoms with E-state index in [9.17, 15) is 0 Å². The van der Waals surface area contributed by atoms with E-state index in [0.717, 1.165) is 101 Å². The maximum Gasteiger partial charge on any atom is 0.266 e. The summed E-state index contributed by atoms with van der Waals surface area (Å²) in [5, 5.41) is 4.59. The first-order valence-corrected chi connectivity index (χ1v) is 18.2. The molecule has 10 aromatic rings. The molecule has 7 heterocycles. The fraction of sp³-hybridized carbons (Fsp3) is 0. The Morgan fingerprint density at radius 2 is 0.926 bits per heavy atom. The van der Waals surface area contributed by atoms with Crippen molar-refractivity contribution in [3.63, 3.8) is 0 Å². The fourth-order valence-corrected chi connectivity index (χ4v) is 9.42. The van der Waals surface area contributed by atoms with Crippen molar-refractivity contribution in [2.45, 2.75) is 0 Å². The van der Waals surface area contributed by atoms with Gasteiger partial charge < -0.3 is 23.5 Å². The molecule has 8 heteroatoms. The number of anilines is 3. The van der Waals surface area contributed by atoms with Gasteiger partial charge in [0.25, 0.3) is 6.71 Å². The predicted octanol–water partition coefficient (Wildman–Crippen LogP) is 9.18. The molecule has 0 bridgehead atoms. The van der Waals surface area contributed by atoms with Gasteiger partial charge in [-0.15, -0.1) is 0 Å². The molecule has 0 saturated heterocycles. The van der Waals surface area contributed by atoms with Gasteiger partial charge in [0.05, 0.1) is 27.8 Å². The number of pyridine rings is 2. The average molecular weight is 692 g/mol. The van der Waals surface area contributed by atoms with E-state index >= 15 is 0 Å². The quantitative estimate of drug-likeness (QED) is 0.173. The fourth-order valence-electron chi connectivity index (χ4n) is 9.42. The lowest BCUT2D eigenvalue weighted by molar-refractivity contribution is 0.464. The Hall–Kier alpha value is -7.32. The van der Waals surface area contributed by atoms with Crippen molar-refractivity contribution in [1.82, 2.24) is 19.1 Å². The topological polar surface area (TPSA) is 57.3 Å². The Bertz CT molecular complexity index is 3090. The van der Waals surface area contributed by atoms with E-state index in [2.05, 4.69) is 157 Å². The molecule has 0 aliphatic carbocycles. The van der Waals surface area contributed by atoms with Crippen LogP contribution in [0.25, 0.3) is 55.0 Å². The largest absolute Gasteiger partial charge is 0.458 e. The number of rotatable bonds is 3. The molecule has 54 heavy (non-hydrogen) atoms. The Labute approximate surface area is 309 Å². The Morgan fingerprint density at radius 1 is 0.407 bits per heavy atom. The van der Waals surface area contributed by atoms with Crippen molar-refractivity contribution in [3.8, 4) is 34.4 Å². The highest BCUT2D eigenvalue weighted by Crippen LogP contribution is 2.47. The molecule has 0 radical (unpaired) electrons. The smallest absolute Gasteiger partial charge is 0.266 e. The molecule has 6 aromatic carbocycles. The van der Waals surface area contributed by atoms with Gasteiger partial charge in [0.15, 0.2) is 0 Å². The number of benzene rings is 6. The highest BCUT2D eigenvalue weighted by molar-refractivity contribution is 7.00. The summed E-state index contributed by atoms with van der Waals surface area (Å²) in [6, 6.07) is 47.3. The van der Waals surface area contributed by atoms with Gasteiger partial charge in [-0.05, 0) is 77.7 Å². The van der Waals surface area contributed by atoms with E-state index in [4.69, 9.17) is 9.47 Å². The summed E-state index contributed by atoms with van der Waals surface area (Å²) in [6.45, 7) is -0.0427. The Kier molecular flexibility index (Phi) is 5.33. The second-order valence-corrected chi connectivity index (χ2v) is 14.2. The van der Waals surface area contributed by atoms with Gasteiger partial charge in [0.1, 0.15) is 23.0 Å². The van der Waals surface area contributed by atoms with E-state index in [0.29, 0.717) is 0 Å². The van der Waals surface area contributed by atoms with Crippen molar-refractivity contribution in [1.29, 1.82) is 0 Å². The molecule has 4 aromatic heterocycles. The van der Waals surface area contributed by atoms with Gasteiger partial charge in [0, 0.05) is 86.7 Å². The second-order valence-electron chi connectivity index (χ2n) is 14.2. The van der Waals surface area contributed by atoms with Crippen molar-refractivity contribution < 1.29 is 9.47 Å². The third-order valence-electron chi connectivity index (χ3n) is 11.5. The molecular weight excluding hydrogens is 665 g/mol. The summed E-state index contributed by atoms with van der Waals surface area (Å²) >= 11 is 0.